The van der Waals surface area contributed by atoms with Crippen molar-refractivity contribution in [2.75, 3.05) is 0 Å². The fourth-order valence-electron chi connectivity index (χ4n) is 2.23. The van der Waals surface area contributed by atoms with Crippen LogP contribution in [0.3, 0.4) is 0 Å². The Labute approximate surface area is 107 Å². The van der Waals surface area contributed by atoms with Gasteiger partial charge in [-0.3, -0.25) is 0 Å². The molecule has 0 atom stereocenters. The number of rotatable bonds is 0. The second kappa shape index (κ2) is 3.84. The normalized spacial score (nSPS) is 17.8. The summed E-state index contributed by atoms with van der Waals surface area (Å²) in [7, 11) is 0. The SMILES string of the molecule is Cc1cccc2c1=C1OC(F)=C(Br)C=C1CC=2. The third-order valence-electron chi connectivity index (χ3n) is 3.05. The summed E-state index contributed by atoms with van der Waals surface area (Å²) in [6.45, 7) is 2.01. The van der Waals surface area contributed by atoms with E-state index in [2.05, 4.69) is 22.0 Å². The number of aryl methyl sites for hydroxylation is 1. The van der Waals surface area contributed by atoms with Crippen LogP contribution in [0.1, 0.15) is 12.0 Å². The maximum atomic E-state index is 13.5. The summed E-state index contributed by atoms with van der Waals surface area (Å²) in [5.74, 6) is 0.654. The fraction of sp³-hybridized carbons (Fsp3) is 0.143. The van der Waals surface area contributed by atoms with Gasteiger partial charge in [0.2, 0.25) is 0 Å². The van der Waals surface area contributed by atoms with E-state index in [1.807, 2.05) is 25.1 Å². The summed E-state index contributed by atoms with van der Waals surface area (Å²) >= 11 is 3.15. The maximum absolute atomic E-state index is 13.5. The predicted molar refractivity (Wildman–Crippen MR) is 69.1 cm³/mol. The van der Waals surface area contributed by atoms with E-state index < -0.39 is 6.01 Å². The Balaban J connectivity index is 2.39. The Hall–Kier alpha value is -1.35. The second-order valence-corrected chi connectivity index (χ2v) is 5.02. The summed E-state index contributed by atoms with van der Waals surface area (Å²) in [4.78, 5) is 0. The summed E-state index contributed by atoms with van der Waals surface area (Å²) in [6.07, 6.45) is 4.71. The molecule has 0 saturated carbocycles. The zero-order valence-electron chi connectivity index (χ0n) is 9.26. The molecule has 86 valence electrons. The predicted octanol–water partition coefficient (Wildman–Crippen LogP) is 2.78. The van der Waals surface area contributed by atoms with Crippen molar-refractivity contribution < 1.29 is 9.13 Å². The van der Waals surface area contributed by atoms with E-state index in [1.54, 1.807) is 6.08 Å². The van der Waals surface area contributed by atoms with Gasteiger partial charge >= 0.3 is 0 Å². The second-order valence-electron chi connectivity index (χ2n) is 4.17. The topological polar surface area (TPSA) is 9.23 Å². The van der Waals surface area contributed by atoms with Crippen LogP contribution in [0, 0.1) is 6.92 Å². The number of halogens is 2. The van der Waals surface area contributed by atoms with Crippen LogP contribution in [-0.4, -0.2) is 0 Å². The molecule has 1 heterocycles. The number of fused-ring (bicyclic) bond motifs is 2. The molecule has 1 aliphatic carbocycles. The van der Waals surface area contributed by atoms with Crippen molar-refractivity contribution in [2.24, 2.45) is 0 Å². The van der Waals surface area contributed by atoms with Crippen LogP contribution < -0.4 is 10.4 Å². The van der Waals surface area contributed by atoms with Crippen molar-refractivity contribution in [3.05, 3.63) is 56.3 Å². The van der Waals surface area contributed by atoms with E-state index in [1.165, 1.54) is 0 Å². The molecule has 2 aliphatic rings. The van der Waals surface area contributed by atoms with Crippen molar-refractivity contribution in [1.29, 1.82) is 0 Å². The Morgan fingerprint density at radius 1 is 1.35 bits per heavy atom. The van der Waals surface area contributed by atoms with Gasteiger partial charge < -0.3 is 4.74 Å². The average Bonchev–Trinajstić information content (AvgIpc) is 2.31. The number of allylic oxidation sites excluding steroid dienone is 2. The first-order valence-corrected chi connectivity index (χ1v) is 6.20. The summed E-state index contributed by atoms with van der Waals surface area (Å²) in [5.41, 5.74) is 2.12. The van der Waals surface area contributed by atoms with E-state index in [0.717, 1.165) is 28.0 Å². The van der Waals surface area contributed by atoms with E-state index in [9.17, 15) is 4.39 Å². The monoisotopic (exact) mass is 292 g/mol. The standard InChI is InChI=1S/C14H10BrFO/c1-8-3-2-4-9-5-6-10-7-11(15)14(16)17-13(10)12(8)9/h2-5,7H,6H2,1H3. The lowest BCUT2D eigenvalue weighted by Crippen LogP contribution is -2.33. The summed E-state index contributed by atoms with van der Waals surface area (Å²) < 4.78 is 19.2. The van der Waals surface area contributed by atoms with E-state index in [-0.39, 0.29) is 0 Å². The molecule has 0 aromatic heterocycles. The first-order valence-electron chi connectivity index (χ1n) is 5.41. The molecule has 3 heteroatoms. The summed E-state index contributed by atoms with van der Waals surface area (Å²) in [5, 5.41) is 2.11. The van der Waals surface area contributed by atoms with Gasteiger partial charge in [-0.1, -0.05) is 24.3 Å². The molecule has 1 aromatic rings. The van der Waals surface area contributed by atoms with E-state index >= 15 is 0 Å². The molecule has 0 spiro atoms. The number of hydrogen-bond acceptors (Lipinski definition) is 1. The molecule has 1 aliphatic heterocycles. The first-order chi connectivity index (χ1) is 8.16. The van der Waals surface area contributed by atoms with Crippen LogP contribution in [0.4, 0.5) is 4.39 Å². The number of hydrogen-bond donors (Lipinski definition) is 0. The molecular weight excluding hydrogens is 283 g/mol. The lowest BCUT2D eigenvalue weighted by atomic mass is 9.97. The number of ether oxygens (including phenoxy) is 1. The van der Waals surface area contributed by atoms with Gasteiger partial charge in [-0.05, 0) is 46.1 Å². The Morgan fingerprint density at radius 2 is 2.18 bits per heavy atom. The van der Waals surface area contributed by atoms with Gasteiger partial charge in [0.1, 0.15) is 5.76 Å². The largest absolute Gasteiger partial charge is 0.430 e. The molecule has 0 radical (unpaired) electrons. The minimum absolute atomic E-state index is 0.377. The van der Waals surface area contributed by atoms with Gasteiger partial charge in [0.15, 0.2) is 0 Å². The molecule has 0 amide bonds. The Morgan fingerprint density at radius 3 is 3.00 bits per heavy atom. The molecule has 3 rings (SSSR count). The lowest BCUT2D eigenvalue weighted by molar-refractivity contribution is 0.261. The highest BCUT2D eigenvalue weighted by atomic mass is 79.9. The van der Waals surface area contributed by atoms with Crippen molar-refractivity contribution in [3.8, 4) is 0 Å². The van der Waals surface area contributed by atoms with Gasteiger partial charge in [-0.15, -0.1) is 0 Å². The highest BCUT2D eigenvalue weighted by Gasteiger charge is 2.21. The van der Waals surface area contributed by atoms with Crippen LogP contribution in [0.15, 0.2) is 40.3 Å². The zero-order chi connectivity index (χ0) is 12.0. The summed E-state index contributed by atoms with van der Waals surface area (Å²) in [6, 6.07) is 5.47. The highest BCUT2D eigenvalue weighted by Crippen LogP contribution is 2.32. The van der Waals surface area contributed by atoms with Crippen molar-refractivity contribution in [3.63, 3.8) is 0 Å². The van der Waals surface area contributed by atoms with Crippen LogP contribution in [0.2, 0.25) is 0 Å². The minimum atomic E-state index is -0.570. The molecule has 0 saturated heterocycles. The van der Waals surface area contributed by atoms with Gasteiger partial charge in [0.25, 0.3) is 6.01 Å². The lowest BCUT2D eigenvalue weighted by Gasteiger charge is -2.20. The quantitative estimate of drug-likeness (QED) is 0.714. The van der Waals surface area contributed by atoms with Crippen LogP contribution in [0.5, 0.6) is 0 Å². The number of benzene rings is 1. The molecule has 17 heavy (non-hydrogen) atoms. The zero-order valence-corrected chi connectivity index (χ0v) is 10.8. The third-order valence-corrected chi connectivity index (χ3v) is 3.59. The van der Waals surface area contributed by atoms with E-state index in [4.69, 9.17) is 4.74 Å². The molecule has 0 N–H and O–H groups in total. The molecule has 0 bridgehead atoms. The van der Waals surface area contributed by atoms with Crippen LogP contribution >= 0.6 is 15.9 Å². The van der Waals surface area contributed by atoms with Crippen molar-refractivity contribution >= 4 is 27.8 Å². The molecule has 0 fully saturated rings. The molecule has 1 nitrogen and oxygen atoms in total. The van der Waals surface area contributed by atoms with Crippen LogP contribution in [0.25, 0.3) is 11.8 Å². The van der Waals surface area contributed by atoms with Crippen LogP contribution in [-0.2, 0) is 4.74 Å². The Bertz CT molecular complexity index is 683. The molecule has 1 aromatic carbocycles. The third kappa shape index (κ3) is 1.65. The van der Waals surface area contributed by atoms with Gasteiger partial charge in [-0.2, -0.15) is 4.39 Å². The smallest absolute Gasteiger partial charge is 0.292 e. The van der Waals surface area contributed by atoms with Crippen molar-refractivity contribution in [2.45, 2.75) is 13.3 Å². The van der Waals surface area contributed by atoms with Crippen molar-refractivity contribution in [1.82, 2.24) is 0 Å². The fourth-order valence-corrected chi connectivity index (χ4v) is 2.59. The average molecular weight is 293 g/mol. The highest BCUT2D eigenvalue weighted by molar-refractivity contribution is 9.11. The molecule has 0 unspecified atom stereocenters. The van der Waals surface area contributed by atoms with E-state index in [0.29, 0.717) is 10.2 Å². The maximum Gasteiger partial charge on any atom is 0.292 e. The van der Waals surface area contributed by atoms with Gasteiger partial charge in [0.05, 0.1) is 4.48 Å². The van der Waals surface area contributed by atoms with Gasteiger partial charge in [0, 0.05) is 10.8 Å². The minimum Gasteiger partial charge on any atom is -0.430 e. The van der Waals surface area contributed by atoms with Gasteiger partial charge in [-0.25, -0.2) is 0 Å². The molecular formula is C14H10BrFO. The Kier molecular flexibility index (Phi) is 2.44. The first kappa shape index (κ1) is 10.8.